The van der Waals surface area contributed by atoms with Crippen molar-refractivity contribution in [2.75, 3.05) is 6.61 Å². The fraction of sp³-hybridized carbons (Fsp3) is 0.250. The Morgan fingerprint density at radius 2 is 2.24 bits per heavy atom. The lowest BCUT2D eigenvalue weighted by atomic mass is 10.0. The summed E-state index contributed by atoms with van der Waals surface area (Å²) in [6.45, 7) is 1.83. The van der Waals surface area contributed by atoms with E-state index in [0.29, 0.717) is 5.56 Å². The summed E-state index contributed by atoms with van der Waals surface area (Å²) < 4.78 is 0.853. The molecule has 0 saturated carbocycles. The highest BCUT2D eigenvalue weighted by molar-refractivity contribution is 9.10. The number of rotatable bonds is 5. The summed E-state index contributed by atoms with van der Waals surface area (Å²) in [5, 5.41) is 12.4. The van der Waals surface area contributed by atoms with Gasteiger partial charge in [-0.2, -0.15) is 0 Å². The molecule has 110 valence electrons. The Balaban J connectivity index is 2.22. The number of aliphatic hydroxyl groups is 1. The van der Waals surface area contributed by atoms with Crippen LogP contribution >= 0.6 is 15.9 Å². The van der Waals surface area contributed by atoms with Gasteiger partial charge >= 0.3 is 0 Å². The highest BCUT2D eigenvalue weighted by atomic mass is 79.9. The molecule has 1 amide bonds. The van der Waals surface area contributed by atoms with Crippen LogP contribution in [0, 0.1) is 0 Å². The first-order valence-electron chi connectivity index (χ1n) is 6.75. The summed E-state index contributed by atoms with van der Waals surface area (Å²) in [5.74, 6) is -0.198. The third-order valence-electron chi connectivity index (χ3n) is 3.27. The molecule has 0 saturated heterocycles. The maximum absolute atomic E-state index is 12.5. The maximum atomic E-state index is 12.5. The largest absolute Gasteiger partial charge is 0.394 e. The van der Waals surface area contributed by atoms with Crippen molar-refractivity contribution in [3.05, 3.63) is 63.9 Å². The Kier molecular flexibility index (Phi) is 5.47. The summed E-state index contributed by atoms with van der Waals surface area (Å²) in [6, 6.07) is 8.79. The van der Waals surface area contributed by atoms with Crippen LogP contribution in [-0.2, 0) is 6.42 Å². The van der Waals surface area contributed by atoms with E-state index in [4.69, 9.17) is 0 Å². The van der Waals surface area contributed by atoms with Gasteiger partial charge in [0, 0.05) is 22.4 Å². The summed E-state index contributed by atoms with van der Waals surface area (Å²) in [6.07, 6.45) is 4.07. The molecule has 5 heteroatoms. The van der Waals surface area contributed by atoms with Crippen molar-refractivity contribution in [2.45, 2.75) is 19.4 Å². The van der Waals surface area contributed by atoms with Crippen molar-refractivity contribution < 1.29 is 9.90 Å². The first-order chi connectivity index (χ1) is 10.2. The van der Waals surface area contributed by atoms with Gasteiger partial charge in [-0.25, -0.2) is 0 Å². The van der Waals surface area contributed by atoms with Gasteiger partial charge in [-0.05, 0) is 35.7 Å². The van der Waals surface area contributed by atoms with Gasteiger partial charge in [-0.1, -0.05) is 35.0 Å². The molecule has 0 spiro atoms. The Bertz CT molecular complexity index is 617. The van der Waals surface area contributed by atoms with Crippen LogP contribution in [0.2, 0.25) is 0 Å². The predicted molar refractivity (Wildman–Crippen MR) is 85.1 cm³/mol. The number of aryl methyl sites for hydroxylation is 1. The Labute approximate surface area is 132 Å². The smallest absolute Gasteiger partial charge is 0.252 e. The number of aromatic nitrogens is 1. The van der Waals surface area contributed by atoms with Gasteiger partial charge in [-0.15, -0.1) is 0 Å². The summed E-state index contributed by atoms with van der Waals surface area (Å²) in [4.78, 5) is 16.5. The van der Waals surface area contributed by atoms with Crippen LogP contribution in [0.25, 0.3) is 0 Å². The van der Waals surface area contributed by atoms with Crippen LogP contribution in [0.4, 0.5) is 0 Å². The van der Waals surface area contributed by atoms with Gasteiger partial charge in [-0.3, -0.25) is 9.78 Å². The normalized spacial score (nSPS) is 12.0. The molecule has 0 aliphatic carbocycles. The number of hydrogen-bond donors (Lipinski definition) is 2. The van der Waals surface area contributed by atoms with E-state index in [-0.39, 0.29) is 12.5 Å². The average Bonchev–Trinajstić information content (AvgIpc) is 2.53. The third-order valence-corrected chi connectivity index (χ3v) is 3.77. The zero-order chi connectivity index (χ0) is 15.2. The van der Waals surface area contributed by atoms with E-state index < -0.39 is 6.04 Å². The lowest BCUT2D eigenvalue weighted by molar-refractivity contribution is 0.0915. The number of nitrogens with zero attached hydrogens (tertiary/aromatic N) is 1. The van der Waals surface area contributed by atoms with Crippen LogP contribution in [0.3, 0.4) is 0 Å². The zero-order valence-electron chi connectivity index (χ0n) is 11.7. The molecule has 1 aromatic heterocycles. The molecule has 0 aliphatic rings. The number of benzene rings is 1. The molecular weight excluding hydrogens is 332 g/mol. The molecule has 21 heavy (non-hydrogen) atoms. The van der Waals surface area contributed by atoms with Crippen LogP contribution in [0.5, 0.6) is 0 Å². The van der Waals surface area contributed by atoms with E-state index in [1.807, 2.05) is 25.1 Å². The molecule has 0 fully saturated rings. The summed E-state index contributed by atoms with van der Waals surface area (Å²) in [7, 11) is 0. The maximum Gasteiger partial charge on any atom is 0.252 e. The fourth-order valence-corrected chi connectivity index (χ4v) is 2.48. The lowest BCUT2D eigenvalue weighted by Gasteiger charge is -2.17. The summed E-state index contributed by atoms with van der Waals surface area (Å²) in [5.41, 5.74) is 2.37. The number of pyridine rings is 1. The zero-order valence-corrected chi connectivity index (χ0v) is 13.3. The van der Waals surface area contributed by atoms with Crippen LogP contribution in [0.15, 0.2) is 47.2 Å². The van der Waals surface area contributed by atoms with Crippen molar-refractivity contribution in [2.24, 2.45) is 0 Å². The van der Waals surface area contributed by atoms with E-state index in [2.05, 4.69) is 26.2 Å². The topological polar surface area (TPSA) is 62.2 Å². The lowest BCUT2D eigenvalue weighted by Crippen LogP contribution is -2.31. The Hall–Kier alpha value is -1.72. The average molecular weight is 349 g/mol. The molecule has 0 bridgehead atoms. The SMILES string of the molecule is CCc1ccc(Br)cc1C(=O)NC(CO)c1cccnc1. The second-order valence-corrected chi connectivity index (χ2v) is 5.57. The van der Waals surface area contributed by atoms with Crippen LogP contribution in [-0.4, -0.2) is 22.6 Å². The minimum Gasteiger partial charge on any atom is -0.394 e. The minimum atomic E-state index is -0.463. The number of hydrogen-bond acceptors (Lipinski definition) is 3. The van der Waals surface area contributed by atoms with Gasteiger partial charge in [0.1, 0.15) is 0 Å². The number of amides is 1. The minimum absolute atomic E-state index is 0.174. The second kappa shape index (κ2) is 7.33. The fourth-order valence-electron chi connectivity index (χ4n) is 2.12. The molecule has 1 unspecified atom stereocenters. The van der Waals surface area contributed by atoms with Gasteiger partial charge in [0.25, 0.3) is 5.91 Å². The molecule has 1 heterocycles. The number of halogens is 1. The highest BCUT2D eigenvalue weighted by Crippen LogP contribution is 2.19. The van der Waals surface area contributed by atoms with Crippen molar-refractivity contribution in [3.63, 3.8) is 0 Å². The molecule has 2 N–H and O–H groups in total. The van der Waals surface area contributed by atoms with Crippen molar-refractivity contribution in [1.29, 1.82) is 0 Å². The molecule has 1 atom stereocenters. The standard InChI is InChI=1S/C16H17BrN2O2/c1-2-11-5-6-13(17)8-14(11)16(21)19-15(10-20)12-4-3-7-18-9-12/h3-9,15,20H,2,10H2,1H3,(H,19,21). The van der Waals surface area contributed by atoms with Crippen LogP contribution < -0.4 is 5.32 Å². The molecular formula is C16H17BrN2O2. The number of nitrogens with one attached hydrogen (secondary N) is 1. The van der Waals surface area contributed by atoms with Gasteiger partial charge in [0.15, 0.2) is 0 Å². The third kappa shape index (κ3) is 3.89. The van der Waals surface area contributed by atoms with E-state index in [1.165, 1.54) is 0 Å². The molecule has 1 aromatic carbocycles. The van der Waals surface area contributed by atoms with Gasteiger partial charge in [0.2, 0.25) is 0 Å². The van der Waals surface area contributed by atoms with Gasteiger partial charge < -0.3 is 10.4 Å². The second-order valence-electron chi connectivity index (χ2n) is 4.65. The quantitative estimate of drug-likeness (QED) is 0.873. The first-order valence-corrected chi connectivity index (χ1v) is 7.55. The van der Waals surface area contributed by atoms with Crippen molar-refractivity contribution in [3.8, 4) is 0 Å². The molecule has 2 aromatic rings. The number of carbonyl (C=O) groups is 1. The Morgan fingerprint density at radius 1 is 1.43 bits per heavy atom. The van der Waals surface area contributed by atoms with Gasteiger partial charge in [0.05, 0.1) is 12.6 Å². The predicted octanol–water partition coefficient (Wildman–Crippen LogP) is 2.87. The van der Waals surface area contributed by atoms with Crippen molar-refractivity contribution in [1.82, 2.24) is 10.3 Å². The van der Waals surface area contributed by atoms with Crippen LogP contribution in [0.1, 0.15) is 34.5 Å². The first kappa shape index (κ1) is 15.7. The molecule has 2 rings (SSSR count). The van der Waals surface area contributed by atoms with E-state index in [1.54, 1.807) is 24.5 Å². The van der Waals surface area contributed by atoms with E-state index in [9.17, 15) is 9.90 Å². The monoisotopic (exact) mass is 348 g/mol. The number of carbonyl (C=O) groups excluding carboxylic acids is 1. The van der Waals surface area contributed by atoms with E-state index >= 15 is 0 Å². The number of aliphatic hydroxyl groups excluding tert-OH is 1. The summed E-state index contributed by atoms with van der Waals surface area (Å²) >= 11 is 3.38. The molecule has 0 aliphatic heterocycles. The highest BCUT2D eigenvalue weighted by Gasteiger charge is 2.17. The molecule has 4 nitrogen and oxygen atoms in total. The molecule has 0 radical (unpaired) electrons. The Morgan fingerprint density at radius 3 is 2.86 bits per heavy atom. The van der Waals surface area contributed by atoms with Crippen molar-refractivity contribution >= 4 is 21.8 Å². The van der Waals surface area contributed by atoms with E-state index in [0.717, 1.165) is 22.0 Å².